The van der Waals surface area contributed by atoms with Gasteiger partial charge in [0.05, 0.1) is 5.56 Å². The van der Waals surface area contributed by atoms with Crippen LogP contribution in [0.4, 0.5) is 32.0 Å². The van der Waals surface area contributed by atoms with E-state index in [0.29, 0.717) is 4.47 Å². The fraction of sp³-hybridized carbons (Fsp3) is 0.455. The van der Waals surface area contributed by atoms with Gasteiger partial charge in [-0.2, -0.15) is 26.3 Å². The molecule has 108 valence electrons. The molecule has 0 spiro atoms. The summed E-state index contributed by atoms with van der Waals surface area (Å²) >= 11 is 3.04. The lowest BCUT2D eigenvalue weighted by molar-refractivity contribution is -0.137. The van der Waals surface area contributed by atoms with E-state index in [4.69, 9.17) is 0 Å². The lowest BCUT2D eigenvalue weighted by Gasteiger charge is -2.13. The average Bonchev–Trinajstić information content (AvgIpc) is 2.23. The number of alkyl halides is 6. The van der Waals surface area contributed by atoms with Crippen LogP contribution in [0.2, 0.25) is 0 Å². The molecule has 0 bridgehead atoms. The van der Waals surface area contributed by atoms with Gasteiger partial charge < -0.3 is 5.32 Å². The van der Waals surface area contributed by atoms with Crippen molar-refractivity contribution in [2.75, 3.05) is 11.9 Å². The number of halogens is 7. The van der Waals surface area contributed by atoms with E-state index in [9.17, 15) is 26.3 Å². The molecular weight excluding hydrogens is 340 g/mol. The number of hydrogen-bond donors (Lipinski definition) is 1. The van der Waals surface area contributed by atoms with Crippen LogP contribution in [-0.2, 0) is 6.18 Å². The van der Waals surface area contributed by atoms with Crippen LogP contribution in [0.15, 0.2) is 22.7 Å². The number of anilines is 1. The fourth-order valence-corrected chi connectivity index (χ4v) is 1.74. The Morgan fingerprint density at radius 2 is 1.68 bits per heavy atom. The first-order chi connectivity index (χ1) is 8.59. The summed E-state index contributed by atoms with van der Waals surface area (Å²) in [6, 6.07) is 2.96. The second-order valence-electron chi connectivity index (χ2n) is 3.84. The van der Waals surface area contributed by atoms with Gasteiger partial charge in [0.15, 0.2) is 0 Å². The second-order valence-corrected chi connectivity index (χ2v) is 4.69. The van der Waals surface area contributed by atoms with Crippen molar-refractivity contribution in [2.24, 2.45) is 0 Å². The van der Waals surface area contributed by atoms with Crippen LogP contribution >= 0.6 is 15.9 Å². The summed E-state index contributed by atoms with van der Waals surface area (Å²) in [5, 5.41) is 2.55. The summed E-state index contributed by atoms with van der Waals surface area (Å²) < 4.78 is 73.4. The van der Waals surface area contributed by atoms with E-state index in [1.807, 2.05) is 0 Å². The molecule has 0 saturated heterocycles. The van der Waals surface area contributed by atoms with E-state index in [2.05, 4.69) is 21.2 Å². The van der Waals surface area contributed by atoms with Crippen LogP contribution < -0.4 is 5.32 Å². The third-order valence-electron chi connectivity index (χ3n) is 2.25. The van der Waals surface area contributed by atoms with Crippen molar-refractivity contribution >= 4 is 21.6 Å². The highest BCUT2D eigenvalue weighted by Gasteiger charge is 2.31. The topological polar surface area (TPSA) is 12.0 Å². The Bertz CT molecular complexity index is 426. The molecule has 0 fully saturated rings. The molecule has 1 aromatic carbocycles. The van der Waals surface area contributed by atoms with Gasteiger partial charge >= 0.3 is 12.4 Å². The van der Waals surface area contributed by atoms with Crippen LogP contribution in [0, 0.1) is 0 Å². The highest BCUT2D eigenvalue weighted by atomic mass is 79.9. The van der Waals surface area contributed by atoms with Gasteiger partial charge in [-0.05, 0) is 40.5 Å². The fourth-order valence-electron chi connectivity index (χ4n) is 1.35. The summed E-state index contributed by atoms with van der Waals surface area (Å²) in [6.07, 6.45) is -9.92. The normalized spacial score (nSPS) is 12.6. The number of rotatable bonds is 4. The zero-order valence-electron chi connectivity index (χ0n) is 9.50. The van der Waals surface area contributed by atoms with Crippen molar-refractivity contribution in [1.82, 2.24) is 0 Å². The standard InChI is InChI=1S/C11H10BrF6N/c12-8-3-2-7(11(16,17)18)6-9(8)19-5-1-4-10(13,14)15/h2-3,6,19H,1,4-5H2. The molecule has 0 saturated carbocycles. The average molecular weight is 350 g/mol. The molecule has 0 aliphatic heterocycles. The van der Waals surface area contributed by atoms with Crippen molar-refractivity contribution in [2.45, 2.75) is 25.2 Å². The molecule has 1 N–H and O–H groups in total. The Kier molecular flexibility index (Phi) is 5.11. The minimum atomic E-state index is -4.48. The Morgan fingerprint density at radius 3 is 2.21 bits per heavy atom. The van der Waals surface area contributed by atoms with Crippen LogP contribution in [0.25, 0.3) is 0 Å². The third kappa shape index (κ3) is 5.71. The molecule has 1 nitrogen and oxygen atoms in total. The molecule has 19 heavy (non-hydrogen) atoms. The second kappa shape index (κ2) is 6.02. The van der Waals surface area contributed by atoms with E-state index in [0.717, 1.165) is 12.1 Å². The van der Waals surface area contributed by atoms with Crippen molar-refractivity contribution < 1.29 is 26.3 Å². The van der Waals surface area contributed by atoms with Crippen LogP contribution in [0.3, 0.4) is 0 Å². The van der Waals surface area contributed by atoms with Crippen molar-refractivity contribution in [1.29, 1.82) is 0 Å². The van der Waals surface area contributed by atoms with Crippen LogP contribution in [0.5, 0.6) is 0 Å². The molecule has 0 heterocycles. The third-order valence-corrected chi connectivity index (χ3v) is 2.94. The monoisotopic (exact) mass is 349 g/mol. The zero-order valence-corrected chi connectivity index (χ0v) is 11.1. The van der Waals surface area contributed by atoms with Gasteiger partial charge in [0.2, 0.25) is 0 Å². The summed E-state index contributed by atoms with van der Waals surface area (Å²) in [7, 11) is 0. The van der Waals surface area contributed by atoms with E-state index in [1.165, 1.54) is 6.07 Å². The van der Waals surface area contributed by atoms with Gasteiger partial charge in [-0.25, -0.2) is 0 Å². The molecule has 0 unspecified atom stereocenters. The minimum absolute atomic E-state index is 0.0561. The highest BCUT2D eigenvalue weighted by Crippen LogP contribution is 2.34. The minimum Gasteiger partial charge on any atom is -0.384 e. The van der Waals surface area contributed by atoms with Crippen molar-refractivity contribution in [3.05, 3.63) is 28.2 Å². The van der Waals surface area contributed by atoms with Crippen molar-refractivity contribution in [3.8, 4) is 0 Å². The summed E-state index contributed by atoms with van der Waals surface area (Å²) in [6.45, 7) is -0.0561. The number of benzene rings is 1. The molecule has 0 atom stereocenters. The van der Waals surface area contributed by atoms with E-state index < -0.39 is 24.3 Å². The molecule has 1 aromatic rings. The Hall–Kier alpha value is -0.920. The Balaban J connectivity index is 2.63. The van der Waals surface area contributed by atoms with Gasteiger partial charge in [-0.3, -0.25) is 0 Å². The van der Waals surface area contributed by atoms with Gasteiger partial charge in [0.1, 0.15) is 0 Å². The molecule has 0 aromatic heterocycles. The molecule has 0 aliphatic rings. The first-order valence-corrected chi connectivity index (χ1v) is 6.06. The predicted molar refractivity (Wildman–Crippen MR) is 62.9 cm³/mol. The first kappa shape index (κ1) is 16.1. The summed E-state index contributed by atoms with van der Waals surface area (Å²) in [5.41, 5.74) is -0.731. The van der Waals surface area contributed by atoms with Crippen LogP contribution in [0.1, 0.15) is 18.4 Å². The predicted octanol–water partition coefficient (Wildman–Crippen LogP) is 5.22. The molecular formula is C11H10BrF6N. The molecule has 0 amide bonds. The first-order valence-electron chi connectivity index (χ1n) is 5.27. The van der Waals surface area contributed by atoms with E-state index in [1.54, 1.807) is 0 Å². The quantitative estimate of drug-likeness (QED) is 0.580. The SMILES string of the molecule is FC(F)(F)CCCNc1cc(C(F)(F)F)ccc1Br. The lowest BCUT2D eigenvalue weighted by Crippen LogP contribution is -2.12. The number of nitrogens with one attached hydrogen (secondary N) is 1. The van der Waals surface area contributed by atoms with Gasteiger partial charge in [-0.15, -0.1) is 0 Å². The van der Waals surface area contributed by atoms with Gasteiger partial charge in [0, 0.05) is 23.1 Å². The largest absolute Gasteiger partial charge is 0.416 e. The maximum absolute atomic E-state index is 12.5. The molecule has 1 rings (SSSR count). The van der Waals surface area contributed by atoms with E-state index >= 15 is 0 Å². The highest BCUT2D eigenvalue weighted by molar-refractivity contribution is 9.10. The number of hydrogen-bond acceptors (Lipinski definition) is 1. The van der Waals surface area contributed by atoms with Crippen LogP contribution in [-0.4, -0.2) is 12.7 Å². The zero-order chi connectivity index (χ0) is 14.7. The summed E-state index contributed by atoms with van der Waals surface area (Å²) in [5.74, 6) is 0. The van der Waals surface area contributed by atoms with E-state index in [-0.39, 0.29) is 18.7 Å². The molecule has 0 aliphatic carbocycles. The Morgan fingerprint density at radius 1 is 1.05 bits per heavy atom. The molecule has 0 radical (unpaired) electrons. The van der Waals surface area contributed by atoms with Gasteiger partial charge in [0.25, 0.3) is 0 Å². The Labute approximate surface area is 114 Å². The van der Waals surface area contributed by atoms with Crippen molar-refractivity contribution in [3.63, 3.8) is 0 Å². The van der Waals surface area contributed by atoms with Gasteiger partial charge in [-0.1, -0.05) is 0 Å². The summed E-state index contributed by atoms with van der Waals surface area (Å²) in [4.78, 5) is 0. The lowest BCUT2D eigenvalue weighted by atomic mass is 10.2. The maximum Gasteiger partial charge on any atom is 0.416 e. The smallest absolute Gasteiger partial charge is 0.384 e. The molecule has 8 heteroatoms. The maximum atomic E-state index is 12.5.